The molecule has 1 atom stereocenters. The van der Waals surface area contributed by atoms with E-state index in [2.05, 4.69) is 15.5 Å². The lowest BCUT2D eigenvalue weighted by atomic mass is 10.0. The van der Waals surface area contributed by atoms with Gasteiger partial charge in [-0.25, -0.2) is 9.78 Å². The second kappa shape index (κ2) is 7.10. The van der Waals surface area contributed by atoms with Crippen LogP contribution < -0.4 is 5.32 Å². The molecule has 1 fully saturated rings. The Labute approximate surface area is 148 Å². The molecular formula is C17H18N4O3S. The Morgan fingerprint density at radius 2 is 2.36 bits per heavy atom. The Morgan fingerprint density at radius 3 is 3.16 bits per heavy atom. The summed E-state index contributed by atoms with van der Waals surface area (Å²) in [5.41, 5.74) is 0.655. The first-order valence-electron chi connectivity index (χ1n) is 8.24. The smallest absolute Gasteiger partial charge is 0.318 e. The number of carbonyl (C=O) groups is 1. The maximum atomic E-state index is 12.6. The Morgan fingerprint density at radius 1 is 1.40 bits per heavy atom. The van der Waals surface area contributed by atoms with Crippen molar-refractivity contribution in [2.75, 3.05) is 6.54 Å². The zero-order valence-corrected chi connectivity index (χ0v) is 14.4. The van der Waals surface area contributed by atoms with E-state index in [1.54, 1.807) is 42.0 Å². The molecule has 25 heavy (non-hydrogen) atoms. The molecule has 3 aromatic rings. The third-order valence-electron chi connectivity index (χ3n) is 4.24. The average Bonchev–Trinajstić information content (AvgIpc) is 3.41. The number of likely N-dealkylation sites (tertiary alicyclic amines) is 1. The molecule has 0 bridgehead atoms. The number of nitrogens with one attached hydrogen (secondary N) is 1. The van der Waals surface area contributed by atoms with Crippen LogP contribution in [0.1, 0.15) is 36.0 Å². The fraction of sp³-hybridized carbons (Fsp3) is 0.353. The summed E-state index contributed by atoms with van der Waals surface area (Å²) in [4.78, 5) is 18.9. The Hall–Kier alpha value is -2.61. The standard InChI is InChI=1S/C17H18N4O3S/c22-17(21-7-2-1-4-13(21)16-18-6-9-25-16)19-11-12-10-15(24-20-12)14-5-3-8-23-14/h3,5-6,8-10,13H,1-2,4,7,11H2,(H,19,22)/t13-/m0/s1. The van der Waals surface area contributed by atoms with Gasteiger partial charge in [-0.15, -0.1) is 11.3 Å². The van der Waals surface area contributed by atoms with Crippen LogP contribution in [-0.4, -0.2) is 27.6 Å². The highest BCUT2D eigenvalue weighted by Gasteiger charge is 2.29. The number of piperidine rings is 1. The third kappa shape index (κ3) is 3.43. The molecule has 8 heteroatoms. The van der Waals surface area contributed by atoms with Crippen molar-refractivity contribution in [2.24, 2.45) is 0 Å². The molecule has 2 amide bonds. The van der Waals surface area contributed by atoms with Gasteiger partial charge >= 0.3 is 6.03 Å². The van der Waals surface area contributed by atoms with Gasteiger partial charge in [-0.1, -0.05) is 5.16 Å². The van der Waals surface area contributed by atoms with E-state index >= 15 is 0 Å². The first kappa shape index (κ1) is 15.9. The van der Waals surface area contributed by atoms with E-state index in [-0.39, 0.29) is 12.1 Å². The number of hydrogen-bond acceptors (Lipinski definition) is 6. The van der Waals surface area contributed by atoms with Gasteiger partial charge in [0.2, 0.25) is 5.76 Å². The van der Waals surface area contributed by atoms with Crippen molar-refractivity contribution in [2.45, 2.75) is 31.8 Å². The summed E-state index contributed by atoms with van der Waals surface area (Å²) < 4.78 is 10.5. The summed E-state index contributed by atoms with van der Waals surface area (Å²) in [6.45, 7) is 1.05. The number of aromatic nitrogens is 2. The normalized spacial score (nSPS) is 17.6. The van der Waals surface area contributed by atoms with Crippen LogP contribution in [0.25, 0.3) is 11.5 Å². The van der Waals surface area contributed by atoms with Gasteiger partial charge in [0.25, 0.3) is 0 Å². The zero-order chi connectivity index (χ0) is 17.1. The third-order valence-corrected chi connectivity index (χ3v) is 5.12. The second-order valence-corrected chi connectivity index (χ2v) is 6.82. The minimum Gasteiger partial charge on any atom is -0.461 e. The van der Waals surface area contributed by atoms with Crippen molar-refractivity contribution in [1.29, 1.82) is 0 Å². The molecule has 0 aromatic carbocycles. The number of rotatable bonds is 4. The van der Waals surface area contributed by atoms with Crippen molar-refractivity contribution >= 4 is 17.4 Å². The van der Waals surface area contributed by atoms with Crippen molar-refractivity contribution < 1.29 is 13.7 Å². The summed E-state index contributed by atoms with van der Waals surface area (Å²) in [6.07, 6.45) is 6.45. The van der Waals surface area contributed by atoms with Crippen LogP contribution in [0.4, 0.5) is 4.79 Å². The lowest BCUT2D eigenvalue weighted by Gasteiger charge is -2.34. The summed E-state index contributed by atoms with van der Waals surface area (Å²) in [5.74, 6) is 1.16. The second-order valence-electron chi connectivity index (χ2n) is 5.89. The SMILES string of the molecule is O=C(NCc1cc(-c2ccco2)on1)N1CCCC[C@H]1c1nccs1. The predicted molar refractivity (Wildman–Crippen MR) is 91.9 cm³/mol. The lowest BCUT2D eigenvalue weighted by Crippen LogP contribution is -2.44. The molecule has 4 rings (SSSR count). The number of hydrogen-bond donors (Lipinski definition) is 1. The highest BCUT2D eigenvalue weighted by Crippen LogP contribution is 2.32. The van der Waals surface area contributed by atoms with E-state index in [9.17, 15) is 4.79 Å². The summed E-state index contributed by atoms with van der Waals surface area (Å²) in [5, 5.41) is 9.86. The van der Waals surface area contributed by atoms with Gasteiger partial charge in [0.1, 0.15) is 10.7 Å². The number of carbonyl (C=O) groups excluding carboxylic acids is 1. The van der Waals surface area contributed by atoms with E-state index in [0.29, 0.717) is 23.8 Å². The van der Waals surface area contributed by atoms with Gasteiger partial charge in [-0.3, -0.25) is 0 Å². The monoisotopic (exact) mass is 358 g/mol. The highest BCUT2D eigenvalue weighted by atomic mass is 32.1. The van der Waals surface area contributed by atoms with Crippen molar-refractivity contribution in [3.05, 3.63) is 46.7 Å². The number of urea groups is 1. The summed E-state index contributed by atoms with van der Waals surface area (Å²) in [6, 6.07) is 5.32. The highest BCUT2D eigenvalue weighted by molar-refractivity contribution is 7.09. The molecule has 0 radical (unpaired) electrons. The molecule has 1 aliphatic heterocycles. The number of thiazole rings is 1. The van der Waals surface area contributed by atoms with Crippen LogP contribution in [0.15, 0.2) is 45.0 Å². The van der Waals surface area contributed by atoms with Crippen LogP contribution >= 0.6 is 11.3 Å². The van der Waals surface area contributed by atoms with E-state index < -0.39 is 0 Å². The van der Waals surface area contributed by atoms with Gasteiger partial charge < -0.3 is 19.2 Å². The largest absolute Gasteiger partial charge is 0.461 e. The minimum atomic E-state index is -0.0950. The Kier molecular flexibility index (Phi) is 4.51. The van der Waals surface area contributed by atoms with Gasteiger partial charge in [-0.05, 0) is 31.4 Å². The van der Waals surface area contributed by atoms with Crippen LogP contribution in [0.5, 0.6) is 0 Å². The molecule has 4 heterocycles. The fourth-order valence-corrected chi connectivity index (χ4v) is 3.81. The Bertz CT molecular complexity index is 813. The van der Waals surface area contributed by atoms with E-state index in [1.165, 1.54) is 0 Å². The first-order chi connectivity index (χ1) is 12.3. The molecule has 0 saturated carbocycles. The maximum absolute atomic E-state index is 12.6. The number of nitrogens with zero attached hydrogens (tertiary/aromatic N) is 3. The molecule has 1 saturated heterocycles. The van der Waals surface area contributed by atoms with Gasteiger partial charge in [0.15, 0.2) is 5.76 Å². The molecule has 0 aliphatic carbocycles. The van der Waals surface area contributed by atoms with Crippen molar-refractivity contribution in [3.8, 4) is 11.5 Å². The molecule has 0 unspecified atom stereocenters. The van der Waals surface area contributed by atoms with Crippen LogP contribution in [0, 0.1) is 0 Å². The minimum absolute atomic E-state index is 0.0599. The Balaban J connectivity index is 1.39. The quantitative estimate of drug-likeness (QED) is 0.766. The van der Waals surface area contributed by atoms with Crippen LogP contribution in [0.3, 0.4) is 0 Å². The molecule has 3 aromatic heterocycles. The zero-order valence-electron chi connectivity index (χ0n) is 13.6. The van der Waals surface area contributed by atoms with Crippen LogP contribution in [-0.2, 0) is 6.54 Å². The van der Waals surface area contributed by atoms with Crippen molar-refractivity contribution in [3.63, 3.8) is 0 Å². The summed E-state index contributed by atoms with van der Waals surface area (Å²) in [7, 11) is 0. The fourth-order valence-electron chi connectivity index (χ4n) is 3.03. The average molecular weight is 358 g/mol. The summed E-state index contributed by atoms with van der Waals surface area (Å²) >= 11 is 1.60. The van der Waals surface area contributed by atoms with E-state index in [1.807, 2.05) is 10.3 Å². The van der Waals surface area contributed by atoms with Gasteiger partial charge in [0, 0.05) is 24.2 Å². The molecular weight excluding hydrogens is 340 g/mol. The van der Waals surface area contributed by atoms with Crippen molar-refractivity contribution in [1.82, 2.24) is 20.4 Å². The lowest BCUT2D eigenvalue weighted by molar-refractivity contribution is 0.151. The molecule has 1 aliphatic rings. The topological polar surface area (TPSA) is 84.4 Å². The molecule has 7 nitrogen and oxygen atoms in total. The van der Waals surface area contributed by atoms with Crippen LogP contribution in [0.2, 0.25) is 0 Å². The maximum Gasteiger partial charge on any atom is 0.318 e. The van der Waals surface area contributed by atoms with E-state index in [0.717, 1.165) is 30.8 Å². The van der Waals surface area contributed by atoms with Gasteiger partial charge in [-0.2, -0.15) is 0 Å². The molecule has 130 valence electrons. The first-order valence-corrected chi connectivity index (χ1v) is 9.12. The molecule has 1 N–H and O–H groups in total. The number of furan rings is 1. The predicted octanol–water partition coefficient (Wildman–Crippen LogP) is 3.83. The number of amides is 2. The molecule has 0 spiro atoms. The van der Waals surface area contributed by atoms with E-state index in [4.69, 9.17) is 8.94 Å². The van der Waals surface area contributed by atoms with Gasteiger partial charge in [0.05, 0.1) is 18.8 Å².